The zero-order valence-corrected chi connectivity index (χ0v) is 33.4. The summed E-state index contributed by atoms with van der Waals surface area (Å²) in [4.78, 5) is 58.8. The van der Waals surface area contributed by atoms with Gasteiger partial charge in [-0.1, -0.05) is 90.9 Å². The van der Waals surface area contributed by atoms with Crippen LogP contribution in [-0.4, -0.2) is 93.7 Å². The number of nitrogens with zero attached hydrogens (tertiary/aromatic N) is 1. The largest absolute Gasteiger partial charge is 0.476 e. The fourth-order valence-electron chi connectivity index (χ4n) is 4.79. The summed E-state index contributed by atoms with van der Waals surface area (Å²) in [6, 6.07) is 0. The Morgan fingerprint density at radius 3 is 1.35 bits per heavy atom. The lowest BCUT2D eigenvalue weighted by atomic mass is 10.1. The fraction of sp³-hybridized carbons (Fsp3) is 0.892. The van der Waals surface area contributed by atoms with Crippen molar-refractivity contribution < 1.29 is 61.1 Å². The van der Waals surface area contributed by atoms with Gasteiger partial charge in [0.25, 0.3) is 0 Å². The van der Waals surface area contributed by atoms with Gasteiger partial charge in [-0.25, -0.2) is 9.09 Å². The van der Waals surface area contributed by atoms with Crippen LogP contribution in [0.1, 0.15) is 155 Å². The quantitative estimate of drug-likeness (QED) is 0.0166. The van der Waals surface area contributed by atoms with Gasteiger partial charge in [0.2, 0.25) is 0 Å². The highest BCUT2D eigenvalue weighted by Crippen LogP contribution is 2.43. The Balaban J connectivity index is 4.47. The van der Waals surface area contributed by atoms with Crippen molar-refractivity contribution in [3.05, 3.63) is 0 Å². The minimum Gasteiger partial charge on any atom is -0.466 e. The van der Waals surface area contributed by atoms with Gasteiger partial charge in [0, 0.05) is 25.7 Å². The van der Waals surface area contributed by atoms with E-state index in [1.54, 1.807) is 21.1 Å². The van der Waals surface area contributed by atoms with Gasteiger partial charge >= 0.3 is 31.7 Å². The summed E-state index contributed by atoms with van der Waals surface area (Å²) in [7, 11) is 0.869. The third-order valence-corrected chi connectivity index (χ3v) is 8.72. The first-order valence-electron chi connectivity index (χ1n) is 19.4. The molecular weight excluding hydrogens is 681 g/mol. The van der Waals surface area contributed by atoms with E-state index in [0.717, 1.165) is 57.8 Å². The Hall–Kier alpha value is -2.05. The van der Waals surface area contributed by atoms with Crippen LogP contribution in [0.25, 0.3) is 0 Å². The van der Waals surface area contributed by atoms with Gasteiger partial charge in [0.1, 0.15) is 6.61 Å². The normalized spacial score (nSPS) is 13.3. The van der Waals surface area contributed by atoms with E-state index in [1.165, 1.54) is 25.7 Å². The second kappa shape index (κ2) is 31.5. The Labute approximate surface area is 308 Å². The Morgan fingerprint density at radius 2 is 0.922 bits per heavy atom. The average molecular weight is 753 g/mol. The van der Waals surface area contributed by atoms with Crippen molar-refractivity contribution in [3.8, 4) is 0 Å². The standard InChI is InChI=1S/C37H70NO12P/c1-6-8-10-16-22-28-45-34(39)24-18-12-13-20-26-36(41)47-30-33(31-48-51(43,44)49-32-38(3,4)5)50-37(42)27-21-15-14-19-25-35(40)46-29-23-17-11-9-7-2/h33H,6-32H2,1-5H3/p+1. The number of hydrogen-bond donors (Lipinski definition) is 1. The Bertz CT molecular complexity index is 972. The van der Waals surface area contributed by atoms with Crippen LogP contribution in [0.4, 0.5) is 0 Å². The van der Waals surface area contributed by atoms with Gasteiger partial charge in [-0.05, 0) is 38.5 Å². The minimum absolute atomic E-state index is 0.0912. The predicted molar refractivity (Wildman–Crippen MR) is 195 cm³/mol. The van der Waals surface area contributed by atoms with Gasteiger partial charge < -0.3 is 28.3 Å². The predicted octanol–water partition coefficient (Wildman–Crippen LogP) is 7.95. The van der Waals surface area contributed by atoms with Crippen molar-refractivity contribution in [3.63, 3.8) is 0 Å². The molecule has 0 aromatic heterocycles. The second-order valence-electron chi connectivity index (χ2n) is 14.2. The molecule has 0 rings (SSSR count). The maximum atomic E-state index is 12.6. The molecule has 14 heteroatoms. The summed E-state index contributed by atoms with van der Waals surface area (Å²) in [5.41, 5.74) is 0. The van der Waals surface area contributed by atoms with Crippen molar-refractivity contribution in [1.82, 2.24) is 0 Å². The maximum Gasteiger partial charge on any atom is 0.476 e. The molecular formula is C37H71NO12P+. The zero-order chi connectivity index (χ0) is 38.2. The number of unbranched alkanes of at least 4 members (excludes halogenated alkanes) is 14. The number of rotatable bonds is 35. The van der Waals surface area contributed by atoms with E-state index in [2.05, 4.69) is 13.8 Å². The molecule has 51 heavy (non-hydrogen) atoms. The van der Waals surface area contributed by atoms with Crippen molar-refractivity contribution in [2.45, 2.75) is 161 Å². The van der Waals surface area contributed by atoms with Crippen molar-refractivity contribution in [2.24, 2.45) is 0 Å². The van der Waals surface area contributed by atoms with Crippen LogP contribution in [0.3, 0.4) is 0 Å². The molecule has 0 aliphatic heterocycles. The topological polar surface area (TPSA) is 161 Å². The average Bonchev–Trinajstić information content (AvgIpc) is 3.07. The van der Waals surface area contributed by atoms with E-state index >= 15 is 0 Å². The molecule has 300 valence electrons. The van der Waals surface area contributed by atoms with Crippen LogP contribution in [0.5, 0.6) is 0 Å². The van der Waals surface area contributed by atoms with Crippen LogP contribution in [0.15, 0.2) is 0 Å². The third kappa shape index (κ3) is 34.8. The van der Waals surface area contributed by atoms with Crippen molar-refractivity contribution in [1.29, 1.82) is 0 Å². The van der Waals surface area contributed by atoms with Crippen molar-refractivity contribution in [2.75, 3.05) is 54.3 Å². The van der Waals surface area contributed by atoms with Crippen LogP contribution in [-0.2, 0) is 51.7 Å². The van der Waals surface area contributed by atoms with E-state index in [4.69, 9.17) is 28.0 Å². The van der Waals surface area contributed by atoms with Gasteiger partial charge in [0.15, 0.2) is 12.8 Å². The molecule has 0 amide bonds. The molecule has 2 unspecified atom stereocenters. The summed E-state index contributed by atoms with van der Waals surface area (Å²) in [6.07, 6.45) is 16.2. The zero-order valence-electron chi connectivity index (χ0n) is 32.5. The number of carbonyl (C=O) groups is 4. The van der Waals surface area contributed by atoms with E-state index in [1.807, 2.05) is 0 Å². The van der Waals surface area contributed by atoms with Crippen LogP contribution in [0.2, 0.25) is 0 Å². The number of ether oxygens (including phenoxy) is 4. The highest BCUT2D eigenvalue weighted by molar-refractivity contribution is 7.47. The number of carbonyl (C=O) groups excluding carboxylic acids is 4. The summed E-state index contributed by atoms with van der Waals surface area (Å²) in [5, 5.41) is 0. The number of esters is 4. The number of phosphoric ester groups is 1. The Morgan fingerprint density at radius 1 is 0.529 bits per heavy atom. The smallest absolute Gasteiger partial charge is 0.466 e. The number of phosphoric acid groups is 1. The lowest BCUT2D eigenvalue weighted by Gasteiger charge is -2.25. The first kappa shape index (κ1) is 49.0. The maximum absolute atomic E-state index is 12.6. The summed E-state index contributed by atoms with van der Waals surface area (Å²) in [5.74, 6) is -1.45. The van der Waals surface area contributed by atoms with Crippen molar-refractivity contribution >= 4 is 31.7 Å². The van der Waals surface area contributed by atoms with Gasteiger partial charge in [-0.15, -0.1) is 0 Å². The van der Waals surface area contributed by atoms with Crippen LogP contribution < -0.4 is 0 Å². The van der Waals surface area contributed by atoms with E-state index in [9.17, 15) is 28.6 Å². The molecule has 0 saturated carbocycles. The lowest BCUT2D eigenvalue weighted by molar-refractivity contribution is -0.887. The molecule has 0 spiro atoms. The first-order chi connectivity index (χ1) is 24.3. The highest BCUT2D eigenvalue weighted by atomic mass is 31.2. The molecule has 0 saturated heterocycles. The second-order valence-corrected chi connectivity index (χ2v) is 15.7. The molecule has 2 atom stereocenters. The highest BCUT2D eigenvalue weighted by Gasteiger charge is 2.28. The fourth-order valence-corrected chi connectivity index (χ4v) is 5.71. The van der Waals surface area contributed by atoms with E-state index in [-0.39, 0.29) is 42.6 Å². The first-order valence-corrected chi connectivity index (χ1v) is 20.9. The molecule has 0 fully saturated rings. The van der Waals surface area contributed by atoms with Gasteiger partial charge in [-0.3, -0.25) is 23.7 Å². The summed E-state index contributed by atoms with van der Waals surface area (Å²) in [6.45, 7) is 4.30. The number of hydrogen-bond acceptors (Lipinski definition) is 11. The van der Waals surface area contributed by atoms with Crippen LogP contribution >= 0.6 is 7.82 Å². The SMILES string of the molecule is CCCCCCCOC(=O)CCCCCCC(=O)OCC(COP(=O)(O)OC[N+](C)(C)C)OC(=O)CCCCCCC(=O)OCCCCCCC. The molecule has 13 nitrogen and oxygen atoms in total. The summed E-state index contributed by atoms with van der Waals surface area (Å²) < 4.78 is 44.0. The molecule has 0 bridgehead atoms. The van der Waals surface area contributed by atoms with Crippen LogP contribution in [0, 0.1) is 0 Å². The third-order valence-electron chi connectivity index (χ3n) is 7.81. The van der Waals surface area contributed by atoms with Gasteiger partial charge in [0.05, 0.1) is 41.0 Å². The van der Waals surface area contributed by atoms with E-state index in [0.29, 0.717) is 58.2 Å². The molecule has 0 heterocycles. The molecule has 0 aromatic carbocycles. The summed E-state index contributed by atoms with van der Waals surface area (Å²) >= 11 is 0. The van der Waals surface area contributed by atoms with E-state index < -0.39 is 32.5 Å². The molecule has 0 radical (unpaired) electrons. The lowest BCUT2D eigenvalue weighted by Crippen LogP contribution is -2.36. The number of quaternary nitrogens is 1. The molecule has 0 aromatic rings. The van der Waals surface area contributed by atoms with Gasteiger partial charge in [-0.2, -0.15) is 0 Å². The Kier molecular flexibility index (Phi) is 30.2. The monoisotopic (exact) mass is 752 g/mol. The molecule has 1 N–H and O–H groups in total. The minimum atomic E-state index is -4.46. The molecule has 0 aliphatic carbocycles. The molecule has 0 aliphatic rings.